The van der Waals surface area contributed by atoms with Gasteiger partial charge in [0.2, 0.25) is 6.04 Å². The Bertz CT molecular complexity index is 3380. The lowest BCUT2D eigenvalue weighted by Crippen LogP contribution is -2.33. The number of benzene rings is 5. The summed E-state index contributed by atoms with van der Waals surface area (Å²) in [6, 6.07) is 9.91. The van der Waals surface area contributed by atoms with Gasteiger partial charge < -0.3 is 44.8 Å². The fourth-order valence-electron chi connectivity index (χ4n) is 6.13. The van der Waals surface area contributed by atoms with Gasteiger partial charge in [-0.2, -0.15) is 45.6 Å². The van der Waals surface area contributed by atoms with Gasteiger partial charge in [-0.05, 0) is 60.7 Å². The Morgan fingerprint density at radius 3 is 2.03 bits per heavy atom. The summed E-state index contributed by atoms with van der Waals surface area (Å²) in [7, 11) is -14.4. The molecule has 5 aromatic carbocycles. The summed E-state index contributed by atoms with van der Waals surface area (Å²) < 4.78 is 120. The highest BCUT2D eigenvalue weighted by atomic mass is 32.2. The minimum absolute atomic E-state index is 0.0586. The van der Waals surface area contributed by atoms with Crippen LogP contribution >= 0.6 is 0 Å². The number of hydrogen-bond donors (Lipinski definition) is 9. The van der Waals surface area contributed by atoms with Crippen molar-refractivity contribution in [1.82, 2.24) is 0 Å². The summed E-state index contributed by atoms with van der Waals surface area (Å²) in [4.78, 5) is 22.2. The van der Waals surface area contributed by atoms with Crippen LogP contribution in [0.25, 0.3) is 10.8 Å². The van der Waals surface area contributed by atoms with Crippen molar-refractivity contribution >= 4 is 92.8 Å². The summed E-state index contributed by atoms with van der Waals surface area (Å²) in [6.07, 6.45) is -0.782. The Morgan fingerprint density at radius 1 is 0.797 bits per heavy atom. The molecule has 6 rings (SSSR count). The van der Waals surface area contributed by atoms with Gasteiger partial charge in [0.15, 0.2) is 23.5 Å². The van der Waals surface area contributed by atoms with Crippen LogP contribution in [-0.4, -0.2) is 114 Å². The lowest BCUT2D eigenvalue weighted by atomic mass is 10.1. The maximum Gasteiger partial charge on any atom is 0.355 e. The fraction of sp³-hybridized carbons (Fsp3) is 0.132. The molecule has 0 aliphatic carbocycles. The van der Waals surface area contributed by atoms with Crippen LogP contribution in [0.3, 0.4) is 0 Å². The number of aliphatic hydroxyl groups excluding tert-OH is 3. The molecule has 1 aliphatic rings. The fourth-order valence-corrected chi connectivity index (χ4v) is 8.08. The van der Waals surface area contributed by atoms with Gasteiger partial charge in [-0.25, -0.2) is 4.79 Å². The highest BCUT2D eigenvalue weighted by molar-refractivity contribution is 7.86. The van der Waals surface area contributed by atoms with Crippen LogP contribution in [0.2, 0.25) is 0 Å². The van der Waals surface area contributed by atoms with Gasteiger partial charge in [0.1, 0.15) is 63.2 Å². The van der Waals surface area contributed by atoms with Crippen LogP contribution in [0.15, 0.2) is 136 Å². The van der Waals surface area contributed by atoms with Gasteiger partial charge >= 0.3 is 5.97 Å². The molecule has 362 valence electrons. The van der Waals surface area contributed by atoms with E-state index in [9.17, 15) is 79.1 Å². The zero-order valence-electron chi connectivity index (χ0n) is 34.5. The monoisotopic (exact) mass is 1020 g/mol. The van der Waals surface area contributed by atoms with Crippen molar-refractivity contribution in [1.29, 1.82) is 0 Å². The Hall–Kier alpha value is -7.88. The average Bonchev–Trinajstić information content (AvgIpc) is 3.62. The molecule has 1 unspecified atom stereocenters. The van der Waals surface area contributed by atoms with Crippen LogP contribution in [0.4, 0.5) is 34.1 Å². The second-order valence-corrected chi connectivity index (χ2v) is 17.7. The van der Waals surface area contributed by atoms with Crippen molar-refractivity contribution < 1.29 is 93.4 Å². The number of hydrogen-bond acceptors (Lipinski definition) is 23. The molecule has 0 saturated heterocycles. The molecule has 31 heteroatoms. The maximum absolute atomic E-state index is 13.4. The second kappa shape index (κ2) is 20.1. The van der Waals surface area contributed by atoms with E-state index in [-0.39, 0.29) is 45.6 Å². The van der Waals surface area contributed by atoms with E-state index in [1.807, 2.05) is 0 Å². The van der Waals surface area contributed by atoms with E-state index in [2.05, 4.69) is 35.8 Å². The van der Waals surface area contributed by atoms with Crippen LogP contribution < -0.4 is 19.2 Å². The number of rotatable bonds is 18. The van der Waals surface area contributed by atoms with E-state index in [1.54, 1.807) is 0 Å². The Labute approximate surface area is 387 Å². The molecule has 0 aromatic heterocycles. The maximum atomic E-state index is 13.4. The predicted molar refractivity (Wildman–Crippen MR) is 232 cm³/mol. The number of phenolic OH excluding ortho intramolecular Hbond substituents is 1. The molecule has 0 saturated carbocycles. The first-order valence-electron chi connectivity index (χ1n) is 18.6. The van der Waals surface area contributed by atoms with Gasteiger partial charge in [-0.15, -0.1) is 20.5 Å². The predicted octanol–water partition coefficient (Wildman–Crippen LogP) is 4.83. The molecule has 1 amide bonds. The number of fused-ring (bicyclic) bond motifs is 1. The number of nitrogens with zero attached hydrogens (tertiary/aromatic N) is 8. The number of carbonyl (C=O) groups is 2. The lowest BCUT2D eigenvalue weighted by molar-refractivity contribution is -0.130. The summed E-state index contributed by atoms with van der Waals surface area (Å²) in [6.45, 7) is -0.978. The molecule has 1 aliphatic heterocycles. The minimum Gasteiger partial charge on any atom is -0.512 e. The Balaban J connectivity index is 1.45. The topological polar surface area (TPSA) is 436 Å². The number of carbonyl (C=O) groups excluding carboxylic acids is 1. The normalized spacial score (nSPS) is 14.8. The van der Waals surface area contributed by atoms with Crippen LogP contribution in [0.5, 0.6) is 23.0 Å². The smallest absolute Gasteiger partial charge is 0.355 e. The molecule has 5 aromatic rings. The Morgan fingerprint density at radius 2 is 1.43 bits per heavy atom. The van der Waals surface area contributed by atoms with Crippen LogP contribution in [0, 0.1) is 0 Å². The summed E-state index contributed by atoms with van der Waals surface area (Å²) in [5.74, 6) is -4.54. The van der Waals surface area contributed by atoms with Gasteiger partial charge in [-0.3, -0.25) is 18.5 Å². The number of carboxylic acid groups (broad SMARTS) is 1. The number of aromatic hydroxyl groups is 1. The molecular formula is C38H32N8O20S3. The number of azo groups is 3. The first-order valence-corrected chi connectivity index (χ1v) is 23.0. The van der Waals surface area contributed by atoms with E-state index >= 15 is 0 Å². The number of methoxy groups -OCH3 is 1. The highest BCUT2D eigenvalue weighted by Crippen LogP contribution is 2.47. The first kappa shape index (κ1) is 50.5. The molecule has 28 nitrogen and oxygen atoms in total. The third kappa shape index (κ3) is 11.1. The SMILES string of the molecule is COc1ccc(N=Nc2cc(OCCO)c(N=Nc3c(S(=O)(=O)O)cc4c(S(=O)(=O)O)c(N=NC5C(=O)N(c6ccc(S(=O)(=O)O)cc6)N=C5C(=O)O)ccc4c3O)cc2O/C=C/O)c(C(O)O)c1. The standard InChI is InChI=1S/C38H32N8O20S3/c1-64-19-4-8-24(23(14-19)37(51)52)39-41-26-16-29(66-13-11-48)27(17-28(26)65-12-10-47)42-43-31-30(68(58,59)60)15-22-21(34(31)49)7-9-25(35(22)69(61,62)63)40-44-32-33(38(53)54)45-46(36(32)50)18-2-5-20(6-3-18)67(55,56)57/h2-10,12,14-17,32,37,47-49,51-52H,11,13H2,1H3,(H,53,54)(H,55,56,57)(H,58,59,60)(H,61,62,63)/b12-10+,41-39?,43-42?,44-40?. The van der Waals surface area contributed by atoms with E-state index in [0.717, 1.165) is 54.8 Å². The molecule has 0 bridgehead atoms. The third-order valence-electron chi connectivity index (χ3n) is 9.17. The lowest BCUT2D eigenvalue weighted by Gasteiger charge is -2.14. The summed E-state index contributed by atoms with van der Waals surface area (Å²) >= 11 is 0. The van der Waals surface area contributed by atoms with E-state index in [1.165, 1.54) is 25.3 Å². The highest BCUT2D eigenvalue weighted by Gasteiger charge is 2.41. The average molecular weight is 1020 g/mol. The van der Waals surface area contributed by atoms with E-state index < -0.39 is 116 Å². The number of anilines is 1. The third-order valence-corrected chi connectivity index (χ3v) is 11.8. The number of amides is 1. The first-order chi connectivity index (χ1) is 32.5. The largest absolute Gasteiger partial charge is 0.512 e. The number of aliphatic hydroxyl groups is 4. The zero-order chi connectivity index (χ0) is 50.6. The Kier molecular flexibility index (Phi) is 14.8. The number of ether oxygens (including phenoxy) is 3. The molecule has 1 heterocycles. The van der Waals surface area contributed by atoms with Crippen molar-refractivity contribution in [2.75, 3.05) is 25.3 Å². The van der Waals surface area contributed by atoms with E-state index in [4.69, 9.17) is 14.2 Å². The van der Waals surface area contributed by atoms with Crippen molar-refractivity contribution in [3.05, 3.63) is 90.9 Å². The second-order valence-electron chi connectivity index (χ2n) is 13.5. The van der Waals surface area contributed by atoms with Gasteiger partial charge in [0.05, 0.1) is 30.0 Å². The summed E-state index contributed by atoms with van der Waals surface area (Å²) in [5.41, 5.74) is -3.87. The van der Waals surface area contributed by atoms with Crippen LogP contribution in [0.1, 0.15) is 11.9 Å². The van der Waals surface area contributed by atoms with Gasteiger partial charge in [0, 0.05) is 28.5 Å². The molecule has 0 fully saturated rings. The van der Waals surface area contributed by atoms with Gasteiger partial charge in [-0.1, -0.05) is 0 Å². The zero-order valence-corrected chi connectivity index (χ0v) is 36.9. The molecular weight excluding hydrogens is 985 g/mol. The molecule has 0 spiro atoms. The van der Waals surface area contributed by atoms with Crippen LogP contribution in [-0.2, 0) is 39.9 Å². The van der Waals surface area contributed by atoms with Crippen molar-refractivity contribution in [2.45, 2.75) is 27.0 Å². The molecule has 1 atom stereocenters. The molecule has 69 heavy (non-hydrogen) atoms. The quantitative estimate of drug-likeness (QED) is 0.0246. The number of phenols is 1. The number of carboxylic acids is 1. The van der Waals surface area contributed by atoms with Crippen molar-refractivity contribution in [3.63, 3.8) is 0 Å². The van der Waals surface area contributed by atoms with Gasteiger partial charge in [0.25, 0.3) is 36.3 Å². The number of aliphatic carboxylic acids is 1. The van der Waals surface area contributed by atoms with Crippen molar-refractivity contribution in [2.24, 2.45) is 35.8 Å². The minimum atomic E-state index is -5.56. The molecule has 0 radical (unpaired) electrons. The van der Waals surface area contributed by atoms with E-state index in [0.29, 0.717) is 17.3 Å². The molecule has 9 N–H and O–H groups in total. The van der Waals surface area contributed by atoms with Crippen molar-refractivity contribution in [3.8, 4) is 23.0 Å². The summed E-state index contributed by atoms with van der Waals surface area (Å²) in [5, 5.41) is 85.6. The number of hydrazone groups is 1.